The molecule has 4 rings (SSSR count). The summed E-state index contributed by atoms with van der Waals surface area (Å²) in [5.41, 5.74) is 2.86. The summed E-state index contributed by atoms with van der Waals surface area (Å²) in [5.74, 6) is 1.32. The van der Waals surface area contributed by atoms with Gasteiger partial charge in [-0.15, -0.1) is 0 Å². The van der Waals surface area contributed by atoms with Gasteiger partial charge in [-0.25, -0.2) is 0 Å². The molecule has 0 atom stereocenters. The molecular formula is C25H20BrCl2NO2. The number of anilines is 1. The minimum atomic E-state index is 0.296. The molecule has 0 unspecified atom stereocenters. The van der Waals surface area contributed by atoms with Crippen molar-refractivity contribution in [1.29, 1.82) is 0 Å². The number of hydrogen-bond acceptors (Lipinski definition) is 3. The first-order chi connectivity index (χ1) is 15.1. The van der Waals surface area contributed by atoms with Crippen LogP contribution in [0.15, 0.2) is 77.3 Å². The summed E-state index contributed by atoms with van der Waals surface area (Å²) in [6.07, 6.45) is 0. The predicted molar refractivity (Wildman–Crippen MR) is 133 cm³/mol. The highest BCUT2D eigenvalue weighted by Gasteiger charge is 2.16. The van der Waals surface area contributed by atoms with Crippen molar-refractivity contribution < 1.29 is 9.47 Å². The van der Waals surface area contributed by atoms with Crippen molar-refractivity contribution in [2.45, 2.75) is 13.2 Å². The van der Waals surface area contributed by atoms with Crippen molar-refractivity contribution in [3.8, 4) is 11.5 Å². The molecule has 1 N–H and O–H groups in total. The molecule has 3 nitrogen and oxygen atoms in total. The summed E-state index contributed by atoms with van der Waals surface area (Å²) < 4.78 is 12.7. The molecule has 0 aromatic heterocycles. The lowest BCUT2D eigenvalue weighted by Gasteiger charge is -2.18. The lowest BCUT2D eigenvalue weighted by Crippen LogP contribution is -2.06. The highest BCUT2D eigenvalue weighted by atomic mass is 79.9. The van der Waals surface area contributed by atoms with Gasteiger partial charge in [0, 0.05) is 43.3 Å². The van der Waals surface area contributed by atoms with Crippen molar-refractivity contribution in [2.24, 2.45) is 0 Å². The fraction of sp³-hybridized carbons (Fsp3) is 0.120. The SMILES string of the molecule is COc1ccc(Br)c(CNc2cccc3ccccc23)c1OCc1ccc(Cl)cc1Cl. The summed E-state index contributed by atoms with van der Waals surface area (Å²) in [6.45, 7) is 0.847. The molecule has 0 aliphatic carbocycles. The number of hydrogen-bond donors (Lipinski definition) is 1. The van der Waals surface area contributed by atoms with E-state index in [1.807, 2.05) is 36.4 Å². The van der Waals surface area contributed by atoms with Crippen LogP contribution in [0.1, 0.15) is 11.1 Å². The summed E-state index contributed by atoms with van der Waals surface area (Å²) >= 11 is 16.0. The normalized spacial score (nSPS) is 10.8. The maximum atomic E-state index is 6.32. The zero-order valence-corrected chi connectivity index (χ0v) is 19.9. The van der Waals surface area contributed by atoms with Crippen LogP contribution < -0.4 is 14.8 Å². The lowest BCUT2D eigenvalue weighted by atomic mass is 10.1. The number of methoxy groups -OCH3 is 1. The predicted octanol–water partition coefficient (Wildman–Crippen LogP) is 8.11. The molecule has 0 radical (unpaired) electrons. The van der Waals surface area contributed by atoms with E-state index in [4.69, 9.17) is 32.7 Å². The Labute approximate surface area is 200 Å². The molecule has 0 heterocycles. The third-order valence-electron chi connectivity index (χ3n) is 5.02. The van der Waals surface area contributed by atoms with Crippen LogP contribution in [-0.4, -0.2) is 7.11 Å². The average Bonchev–Trinajstić information content (AvgIpc) is 2.78. The maximum Gasteiger partial charge on any atom is 0.167 e. The van der Waals surface area contributed by atoms with Crippen molar-refractivity contribution in [1.82, 2.24) is 0 Å². The van der Waals surface area contributed by atoms with E-state index >= 15 is 0 Å². The molecule has 31 heavy (non-hydrogen) atoms. The zero-order valence-electron chi connectivity index (χ0n) is 16.8. The molecule has 158 valence electrons. The third kappa shape index (κ3) is 4.93. The second-order valence-electron chi connectivity index (χ2n) is 6.96. The fourth-order valence-corrected chi connectivity index (χ4v) is 4.33. The van der Waals surface area contributed by atoms with E-state index in [0.717, 1.165) is 21.3 Å². The zero-order chi connectivity index (χ0) is 21.8. The van der Waals surface area contributed by atoms with Gasteiger partial charge in [-0.2, -0.15) is 0 Å². The smallest absolute Gasteiger partial charge is 0.167 e. The van der Waals surface area contributed by atoms with Gasteiger partial charge in [0.1, 0.15) is 6.61 Å². The van der Waals surface area contributed by atoms with Gasteiger partial charge >= 0.3 is 0 Å². The minimum Gasteiger partial charge on any atom is -0.493 e. The molecule has 0 saturated carbocycles. The van der Waals surface area contributed by atoms with E-state index < -0.39 is 0 Å². The molecule has 0 spiro atoms. The molecule has 0 aliphatic heterocycles. The number of fused-ring (bicyclic) bond motifs is 1. The summed E-state index contributed by atoms with van der Waals surface area (Å²) in [5, 5.41) is 7.05. The lowest BCUT2D eigenvalue weighted by molar-refractivity contribution is 0.281. The third-order valence-corrected chi connectivity index (χ3v) is 6.35. The van der Waals surface area contributed by atoms with Crippen LogP contribution in [0.5, 0.6) is 11.5 Å². The van der Waals surface area contributed by atoms with Gasteiger partial charge in [0.05, 0.1) is 7.11 Å². The van der Waals surface area contributed by atoms with Crippen LogP contribution >= 0.6 is 39.1 Å². The second-order valence-corrected chi connectivity index (χ2v) is 8.66. The second kappa shape index (κ2) is 9.82. The molecule has 4 aromatic rings. The van der Waals surface area contributed by atoms with Gasteiger partial charge in [0.25, 0.3) is 0 Å². The molecule has 0 aliphatic rings. The highest BCUT2D eigenvalue weighted by molar-refractivity contribution is 9.10. The van der Waals surface area contributed by atoms with E-state index in [2.05, 4.69) is 45.5 Å². The first-order valence-corrected chi connectivity index (χ1v) is 11.3. The Kier molecular flexibility index (Phi) is 6.91. The number of ether oxygens (including phenoxy) is 2. The van der Waals surface area contributed by atoms with Crippen molar-refractivity contribution >= 4 is 55.6 Å². The summed E-state index contributed by atoms with van der Waals surface area (Å²) in [4.78, 5) is 0. The molecule has 0 bridgehead atoms. The van der Waals surface area contributed by atoms with Gasteiger partial charge in [-0.3, -0.25) is 0 Å². The first-order valence-electron chi connectivity index (χ1n) is 9.70. The number of benzene rings is 4. The Morgan fingerprint density at radius 2 is 1.74 bits per heavy atom. The maximum absolute atomic E-state index is 6.32. The Bertz CT molecular complexity index is 1220. The standard InChI is InChI=1S/C25H20BrCl2NO2/c1-30-24-12-11-21(26)20(25(24)31-15-17-9-10-18(27)13-22(17)28)14-29-23-8-4-6-16-5-2-3-7-19(16)23/h2-13,29H,14-15H2,1H3. The number of halogens is 3. The largest absolute Gasteiger partial charge is 0.493 e. The highest BCUT2D eigenvalue weighted by Crippen LogP contribution is 2.38. The van der Waals surface area contributed by atoms with E-state index in [1.54, 1.807) is 19.2 Å². The van der Waals surface area contributed by atoms with E-state index in [9.17, 15) is 0 Å². The minimum absolute atomic E-state index is 0.296. The van der Waals surface area contributed by atoms with Gasteiger partial charge in [0.15, 0.2) is 11.5 Å². The van der Waals surface area contributed by atoms with Crippen molar-refractivity contribution in [2.75, 3.05) is 12.4 Å². The summed E-state index contributed by atoms with van der Waals surface area (Å²) in [7, 11) is 1.63. The Balaban J connectivity index is 1.62. The molecule has 0 fully saturated rings. The first kappa shape index (κ1) is 21.8. The topological polar surface area (TPSA) is 30.5 Å². The Morgan fingerprint density at radius 1 is 0.935 bits per heavy atom. The number of nitrogens with one attached hydrogen (secondary N) is 1. The van der Waals surface area contributed by atoms with Crippen LogP contribution in [0.4, 0.5) is 5.69 Å². The molecule has 0 saturated heterocycles. The molecule has 0 amide bonds. The van der Waals surface area contributed by atoms with E-state index in [0.29, 0.717) is 34.7 Å². The average molecular weight is 517 g/mol. The van der Waals surface area contributed by atoms with Crippen LogP contribution in [-0.2, 0) is 13.2 Å². The van der Waals surface area contributed by atoms with Gasteiger partial charge in [-0.1, -0.05) is 81.6 Å². The number of rotatable bonds is 7. The summed E-state index contributed by atoms with van der Waals surface area (Å²) in [6, 6.07) is 23.7. The van der Waals surface area contributed by atoms with Crippen molar-refractivity contribution in [3.63, 3.8) is 0 Å². The Hall–Kier alpha value is -2.40. The fourth-order valence-electron chi connectivity index (χ4n) is 3.42. The molecular weight excluding hydrogens is 497 g/mol. The monoisotopic (exact) mass is 515 g/mol. The quantitative estimate of drug-likeness (QED) is 0.269. The van der Waals surface area contributed by atoms with E-state index in [1.165, 1.54) is 10.8 Å². The van der Waals surface area contributed by atoms with Crippen molar-refractivity contribution in [3.05, 3.63) is 98.4 Å². The van der Waals surface area contributed by atoms with Gasteiger partial charge in [-0.05, 0) is 35.7 Å². The van der Waals surface area contributed by atoms with Crippen LogP contribution in [0, 0.1) is 0 Å². The van der Waals surface area contributed by atoms with Crippen LogP contribution in [0.3, 0.4) is 0 Å². The van der Waals surface area contributed by atoms with Gasteiger partial charge < -0.3 is 14.8 Å². The van der Waals surface area contributed by atoms with Crippen LogP contribution in [0.25, 0.3) is 10.8 Å². The van der Waals surface area contributed by atoms with Crippen LogP contribution in [0.2, 0.25) is 10.0 Å². The molecule has 4 aromatic carbocycles. The van der Waals surface area contributed by atoms with Gasteiger partial charge in [0.2, 0.25) is 0 Å². The molecule has 6 heteroatoms. The van der Waals surface area contributed by atoms with E-state index in [-0.39, 0.29) is 0 Å². The Morgan fingerprint density at radius 3 is 2.55 bits per heavy atom.